The second-order valence-electron chi connectivity index (χ2n) is 7.45. The van der Waals surface area contributed by atoms with Crippen LogP contribution in [0.5, 0.6) is 0 Å². The maximum Gasteiger partial charge on any atom is 0.293 e. The molecule has 0 unspecified atom stereocenters. The fourth-order valence-electron chi connectivity index (χ4n) is 2.93. The van der Waals surface area contributed by atoms with Gasteiger partial charge in [0.05, 0.1) is 18.8 Å². The maximum atomic E-state index is 13.4. The SMILES string of the molecule is CN(C)CCCOC=O.CNc1cccc(Cn2nc(-c3cc(F)cc(F)c3)ccc2=O)c1. The lowest BCUT2D eigenvalue weighted by Crippen LogP contribution is -2.22. The topological polar surface area (TPSA) is 76.5 Å². The van der Waals surface area contributed by atoms with E-state index in [-0.39, 0.29) is 17.7 Å². The summed E-state index contributed by atoms with van der Waals surface area (Å²) >= 11 is 0. The van der Waals surface area contributed by atoms with Gasteiger partial charge in [0.1, 0.15) is 11.6 Å². The monoisotopic (exact) mass is 458 g/mol. The average molecular weight is 459 g/mol. The molecule has 2 aromatic carbocycles. The van der Waals surface area contributed by atoms with Crippen molar-refractivity contribution >= 4 is 12.2 Å². The smallest absolute Gasteiger partial charge is 0.293 e. The van der Waals surface area contributed by atoms with Crippen molar-refractivity contribution < 1.29 is 18.3 Å². The second kappa shape index (κ2) is 13.1. The Bertz CT molecular complexity index is 1080. The van der Waals surface area contributed by atoms with Crippen molar-refractivity contribution in [3.05, 3.63) is 82.1 Å². The van der Waals surface area contributed by atoms with Gasteiger partial charge in [0.15, 0.2) is 0 Å². The minimum atomic E-state index is -0.689. The third kappa shape index (κ3) is 8.82. The Labute approximate surface area is 191 Å². The number of aromatic nitrogens is 2. The van der Waals surface area contributed by atoms with Gasteiger partial charge in [-0.15, -0.1) is 0 Å². The van der Waals surface area contributed by atoms with Gasteiger partial charge in [0.2, 0.25) is 0 Å². The zero-order valence-electron chi connectivity index (χ0n) is 18.9. The van der Waals surface area contributed by atoms with Crippen LogP contribution < -0.4 is 10.9 Å². The highest BCUT2D eigenvalue weighted by Crippen LogP contribution is 2.19. The molecule has 0 spiro atoms. The number of carbonyl (C=O) groups is 1. The van der Waals surface area contributed by atoms with E-state index in [1.165, 1.54) is 28.9 Å². The molecule has 1 aromatic heterocycles. The van der Waals surface area contributed by atoms with E-state index in [1.54, 1.807) is 0 Å². The quantitative estimate of drug-likeness (QED) is 0.391. The Morgan fingerprint density at radius 3 is 2.45 bits per heavy atom. The Kier molecular flexibility index (Phi) is 10.2. The van der Waals surface area contributed by atoms with Gasteiger partial charge in [0, 0.05) is 37.0 Å². The molecule has 0 saturated heterocycles. The molecule has 0 aliphatic rings. The zero-order chi connectivity index (χ0) is 24.2. The van der Waals surface area contributed by atoms with E-state index in [2.05, 4.69) is 15.2 Å². The number of nitrogens with zero attached hydrogens (tertiary/aromatic N) is 3. The first-order valence-electron chi connectivity index (χ1n) is 10.3. The van der Waals surface area contributed by atoms with Gasteiger partial charge in [-0.1, -0.05) is 12.1 Å². The summed E-state index contributed by atoms with van der Waals surface area (Å²) in [4.78, 5) is 23.7. The van der Waals surface area contributed by atoms with Gasteiger partial charge >= 0.3 is 0 Å². The van der Waals surface area contributed by atoms with Crippen LogP contribution in [0.2, 0.25) is 0 Å². The molecule has 9 heteroatoms. The van der Waals surface area contributed by atoms with Gasteiger partial charge in [-0.3, -0.25) is 9.59 Å². The molecule has 0 atom stereocenters. The lowest BCUT2D eigenvalue weighted by molar-refractivity contribution is -0.128. The van der Waals surface area contributed by atoms with Crippen molar-refractivity contribution in [2.75, 3.05) is 39.6 Å². The Morgan fingerprint density at radius 1 is 1.09 bits per heavy atom. The highest BCUT2D eigenvalue weighted by atomic mass is 19.1. The fraction of sp³-hybridized carbons (Fsp3) is 0.292. The molecule has 3 aromatic rings. The minimum absolute atomic E-state index is 0.264. The molecule has 0 aliphatic heterocycles. The van der Waals surface area contributed by atoms with Crippen LogP contribution in [0.1, 0.15) is 12.0 Å². The highest BCUT2D eigenvalue weighted by molar-refractivity contribution is 5.58. The van der Waals surface area contributed by atoms with Crippen LogP contribution in [-0.4, -0.2) is 55.4 Å². The first-order valence-corrected chi connectivity index (χ1v) is 10.3. The Hall–Kier alpha value is -3.59. The molecule has 3 rings (SSSR count). The molecule has 1 heterocycles. The highest BCUT2D eigenvalue weighted by Gasteiger charge is 2.08. The average Bonchev–Trinajstić information content (AvgIpc) is 2.78. The normalized spacial score (nSPS) is 10.4. The summed E-state index contributed by atoms with van der Waals surface area (Å²) in [5, 5.41) is 7.25. The number of rotatable bonds is 9. The molecule has 0 amide bonds. The summed E-state index contributed by atoms with van der Waals surface area (Å²) in [6, 6.07) is 13.5. The van der Waals surface area contributed by atoms with Gasteiger partial charge in [-0.25, -0.2) is 13.5 Å². The predicted molar refractivity (Wildman–Crippen MR) is 124 cm³/mol. The first-order chi connectivity index (χ1) is 15.8. The van der Waals surface area contributed by atoms with E-state index in [1.807, 2.05) is 50.3 Å². The summed E-state index contributed by atoms with van der Waals surface area (Å²) < 4.78 is 32.5. The lowest BCUT2D eigenvalue weighted by atomic mass is 10.1. The fourth-order valence-corrected chi connectivity index (χ4v) is 2.93. The van der Waals surface area contributed by atoms with Crippen LogP contribution >= 0.6 is 0 Å². The zero-order valence-corrected chi connectivity index (χ0v) is 18.9. The lowest BCUT2D eigenvalue weighted by Gasteiger charge is -2.09. The van der Waals surface area contributed by atoms with E-state index < -0.39 is 11.6 Å². The van der Waals surface area contributed by atoms with Crippen molar-refractivity contribution in [3.63, 3.8) is 0 Å². The first kappa shape index (κ1) is 25.7. The van der Waals surface area contributed by atoms with Crippen molar-refractivity contribution in [2.24, 2.45) is 0 Å². The summed E-state index contributed by atoms with van der Waals surface area (Å²) in [6.07, 6.45) is 0.908. The molecule has 176 valence electrons. The third-order valence-corrected chi connectivity index (χ3v) is 4.51. The number of nitrogens with one attached hydrogen (secondary N) is 1. The van der Waals surface area contributed by atoms with Crippen LogP contribution in [-0.2, 0) is 16.1 Å². The van der Waals surface area contributed by atoms with E-state index in [4.69, 9.17) is 0 Å². The van der Waals surface area contributed by atoms with Gasteiger partial charge in [0.25, 0.3) is 12.0 Å². The van der Waals surface area contributed by atoms with Crippen molar-refractivity contribution in [1.82, 2.24) is 14.7 Å². The van der Waals surface area contributed by atoms with Crippen LogP contribution in [0, 0.1) is 11.6 Å². The van der Waals surface area contributed by atoms with Crippen molar-refractivity contribution in [3.8, 4) is 11.3 Å². The molecule has 7 nitrogen and oxygen atoms in total. The molecule has 0 saturated carbocycles. The number of carbonyl (C=O) groups excluding carboxylic acids is 1. The molecular formula is C24H28F2N4O3. The number of benzene rings is 2. The number of ether oxygens (including phenoxy) is 1. The molecule has 0 bridgehead atoms. The summed E-state index contributed by atoms with van der Waals surface area (Å²) in [6.45, 7) is 2.24. The van der Waals surface area contributed by atoms with Gasteiger partial charge in [-0.05, 0) is 56.4 Å². The predicted octanol–water partition coefficient (Wildman–Crippen LogP) is 3.39. The number of anilines is 1. The third-order valence-electron chi connectivity index (χ3n) is 4.51. The number of halogens is 2. The molecule has 1 N–H and O–H groups in total. The molecule has 0 radical (unpaired) electrons. The van der Waals surface area contributed by atoms with Crippen LogP contribution in [0.25, 0.3) is 11.3 Å². The summed E-state index contributed by atoms with van der Waals surface area (Å²) in [7, 11) is 5.78. The van der Waals surface area contributed by atoms with Crippen molar-refractivity contribution in [1.29, 1.82) is 0 Å². The Morgan fingerprint density at radius 2 is 1.82 bits per heavy atom. The molecule has 33 heavy (non-hydrogen) atoms. The molecular weight excluding hydrogens is 430 g/mol. The van der Waals surface area contributed by atoms with Gasteiger partial charge < -0.3 is 15.0 Å². The van der Waals surface area contributed by atoms with E-state index in [0.717, 1.165) is 30.3 Å². The molecule has 0 aliphatic carbocycles. The van der Waals surface area contributed by atoms with Gasteiger partial charge in [-0.2, -0.15) is 5.10 Å². The van der Waals surface area contributed by atoms with E-state index in [0.29, 0.717) is 18.8 Å². The summed E-state index contributed by atoms with van der Waals surface area (Å²) in [5.74, 6) is -1.38. The number of hydrogen-bond donors (Lipinski definition) is 1. The second-order valence-corrected chi connectivity index (χ2v) is 7.45. The standard InChI is InChI=1S/C18H15F2N3O.C6H13NO2/c1-21-16-4-2-3-12(7-16)11-23-18(24)6-5-17(22-23)13-8-14(19)10-15(20)9-13;1-7(2)4-3-5-9-6-8/h2-10,21H,11H2,1H3;6H,3-5H2,1-2H3. The maximum absolute atomic E-state index is 13.4. The van der Waals surface area contributed by atoms with E-state index >= 15 is 0 Å². The summed E-state index contributed by atoms with van der Waals surface area (Å²) in [5.41, 5.74) is 2.14. The minimum Gasteiger partial charge on any atom is -0.468 e. The van der Waals surface area contributed by atoms with Crippen molar-refractivity contribution in [2.45, 2.75) is 13.0 Å². The van der Waals surface area contributed by atoms with E-state index in [9.17, 15) is 18.4 Å². The van der Waals surface area contributed by atoms with Crippen LogP contribution in [0.4, 0.5) is 14.5 Å². The van der Waals surface area contributed by atoms with Crippen LogP contribution in [0.3, 0.4) is 0 Å². The number of hydrogen-bond acceptors (Lipinski definition) is 6. The van der Waals surface area contributed by atoms with Crippen LogP contribution in [0.15, 0.2) is 59.4 Å². The molecule has 0 fully saturated rings. The largest absolute Gasteiger partial charge is 0.468 e. The Balaban J connectivity index is 0.000000365.